The number of hydrogen-bond acceptors (Lipinski definition) is 6. The van der Waals surface area contributed by atoms with Crippen molar-refractivity contribution in [2.75, 3.05) is 12.4 Å². The van der Waals surface area contributed by atoms with Gasteiger partial charge in [0.25, 0.3) is 5.91 Å². The molecule has 2 heterocycles. The lowest BCUT2D eigenvalue weighted by molar-refractivity contribution is -0.131. The van der Waals surface area contributed by atoms with Crippen molar-refractivity contribution in [3.05, 3.63) is 29.4 Å². The summed E-state index contributed by atoms with van der Waals surface area (Å²) in [5.74, 6) is 2.39. The van der Waals surface area contributed by atoms with Gasteiger partial charge in [0, 0.05) is 18.1 Å². The summed E-state index contributed by atoms with van der Waals surface area (Å²) in [7, 11) is 1.76. The molecule has 1 unspecified atom stereocenters. The lowest BCUT2D eigenvalue weighted by atomic mass is 9.74. The number of nitrogens with one attached hydrogen (secondary N) is 1. The van der Waals surface area contributed by atoms with Gasteiger partial charge in [-0.05, 0) is 62.1 Å². The number of guanidine groups is 1. The lowest BCUT2D eigenvalue weighted by Gasteiger charge is -2.35. The number of hydrogen-bond donors (Lipinski definition) is 2. The Morgan fingerprint density at radius 1 is 1.11 bits per heavy atom. The molecule has 1 aliphatic heterocycles. The molecule has 188 valence electrons. The van der Waals surface area contributed by atoms with Crippen LogP contribution in [0.4, 0.5) is 5.82 Å². The molecule has 2 aliphatic carbocycles. The first kappa shape index (κ1) is 24.3. The quantitative estimate of drug-likeness (QED) is 0.525. The number of amides is 1. The van der Waals surface area contributed by atoms with Gasteiger partial charge in [-0.15, -0.1) is 0 Å². The molecule has 0 radical (unpaired) electrons. The van der Waals surface area contributed by atoms with Crippen molar-refractivity contribution in [2.45, 2.75) is 88.6 Å². The second-order valence-electron chi connectivity index (χ2n) is 10.9. The molecule has 1 amide bonds. The van der Waals surface area contributed by atoms with E-state index in [1.54, 1.807) is 18.1 Å². The molecule has 0 spiro atoms. The highest BCUT2D eigenvalue weighted by atomic mass is 35.5. The van der Waals surface area contributed by atoms with E-state index in [2.05, 4.69) is 10.3 Å². The zero-order chi connectivity index (χ0) is 24.4. The predicted molar refractivity (Wildman–Crippen MR) is 141 cm³/mol. The molecule has 2 fully saturated rings. The van der Waals surface area contributed by atoms with Crippen LogP contribution in [0.5, 0.6) is 0 Å². The van der Waals surface area contributed by atoms with Crippen LogP contribution in [0.25, 0.3) is 11.0 Å². The second kappa shape index (κ2) is 10.3. The normalized spacial score (nSPS) is 27.9. The van der Waals surface area contributed by atoms with Gasteiger partial charge in [-0.25, -0.2) is 9.98 Å². The van der Waals surface area contributed by atoms with Crippen molar-refractivity contribution in [3.8, 4) is 0 Å². The second-order valence-corrected chi connectivity index (χ2v) is 11.3. The Balaban J connectivity index is 1.26. The van der Waals surface area contributed by atoms with E-state index in [1.165, 1.54) is 32.1 Å². The Hall–Kier alpha value is -2.41. The molecule has 7 nitrogen and oxygen atoms in total. The SMILES string of the molecule is CN1C(=O)C(CCC2CCCCC2)(C[C@H]2CCC[C@H](Nc3cnc4cc(Cl)ccc4n3)C2)N=C1N. The number of nitrogens with zero attached hydrogens (tertiary/aromatic N) is 4. The molecule has 2 saturated carbocycles. The number of aromatic nitrogens is 2. The van der Waals surface area contributed by atoms with Gasteiger partial charge in [-0.3, -0.25) is 14.7 Å². The highest BCUT2D eigenvalue weighted by Gasteiger charge is 2.48. The summed E-state index contributed by atoms with van der Waals surface area (Å²) in [4.78, 5) is 29.0. The molecule has 2 aromatic rings. The number of benzene rings is 1. The first-order valence-corrected chi connectivity index (χ1v) is 13.6. The van der Waals surface area contributed by atoms with E-state index in [0.29, 0.717) is 22.9 Å². The largest absolute Gasteiger partial charge is 0.369 e. The summed E-state index contributed by atoms with van der Waals surface area (Å²) >= 11 is 6.08. The molecule has 0 saturated heterocycles. The van der Waals surface area contributed by atoms with Crippen molar-refractivity contribution >= 4 is 40.3 Å². The molecule has 1 aromatic carbocycles. The zero-order valence-electron chi connectivity index (χ0n) is 20.7. The molecule has 5 rings (SSSR count). The Bertz CT molecular complexity index is 1100. The van der Waals surface area contributed by atoms with Crippen molar-refractivity contribution in [1.29, 1.82) is 0 Å². The van der Waals surface area contributed by atoms with Crippen LogP contribution in [-0.4, -0.2) is 45.4 Å². The average Bonchev–Trinajstić information content (AvgIpc) is 3.07. The zero-order valence-corrected chi connectivity index (χ0v) is 21.4. The van der Waals surface area contributed by atoms with Crippen molar-refractivity contribution in [1.82, 2.24) is 14.9 Å². The maximum absolute atomic E-state index is 13.4. The van der Waals surface area contributed by atoms with Crippen LogP contribution < -0.4 is 11.1 Å². The minimum Gasteiger partial charge on any atom is -0.369 e. The van der Waals surface area contributed by atoms with Crippen LogP contribution >= 0.6 is 11.6 Å². The summed E-state index contributed by atoms with van der Waals surface area (Å²) < 4.78 is 0. The van der Waals surface area contributed by atoms with E-state index in [9.17, 15) is 4.79 Å². The monoisotopic (exact) mass is 496 g/mol. The maximum atomic E-state index is 13.4. The van der Waals surface area contributed by atoms with Crippen LogP contribution in [0.1, 0.15) is 77.0 Å². The van der Waals surface area contributed by atoms with Gasteiger partial charge < -0.3 is 11.1 Å². The van der Waals surface area contributed by atoms with E-state index in [1.807, 2.05) is 18.2 Å². The number of fused-ring (bicyclic) bond motifs is 1. The van der Waals surface area contributed by atoms with Gasteiger partial charge in [0.05, 0.1) is 17.2 Å². The lowest BCUT2D eigenvalue weighted by Crippen LogP contribution is -2.44. The predicted octanol–water partition coefficient (Wildman–Crippen LogP) is 5.53. The van der Waals surface area contributed by atoms with Gasteiger partial charge in [-0.2, -0.15) is 0 Å². The summed E-state index contributed by atoms with van der Waals surface area (Å²) in [6.07, 6.45) is 15.3. The Morgan fingerprint density at radius 3 is 2.69 bits per heavy atom. The first-order valence-electron chi connectivity index (χ1n) is 13.2. The Morgan fingerprint density at radius 2 is 1.91 bits per heavy atom. The van der Waals surface area contributed by atoms with E-state index in [4.69, 9.17) is 27.3 Å². The minimum atomic E-state index is -0.690. The van der Waals surface area contributed by atoms with E-state index in [0.717, 1.165) is 67.7 Å². The number of rotatable bonds is 7. The fourth-order valence-electron chi connectivity index (χ4n) is 6.42. The summed E-state index contributed by atoms with van der Waals surface area (Å²) in [5, 5.41) is 4.27. The number of nitrogens with two attached hydrogens (primary N) is 1. The molecule has 1 aromatic heterocycles. The van der Waals surface area contributed by atoms with E-state index >= 15 is 0 Å². The van der Waals surface area contributed by atoms with Crippen LogP contribution in [0, 0.1) is 11.8 Å². The Kier molecular flexibility index (Phi) is 7.14. The third kappa shape index (κ3) is 5.40. The number of anilines is 1. The molecule has 0 bridgehead atoms. The van der Waals surface area contributed by atoms with E-state index in [-0.39, 0.29) is 5.91 Å². The van der Waals surface area contributed by atoms with E-state index < -0.39 is 5.54 Å². The minimum absolute atomic E-state index is 0.0833. The highest BCUT2D eigenvalue weighted by molar-refractivity contribution is 6.31. The van der Waals surface area contributed by atoms with Gasteiger partial charge in [-0.1, -0.05) is 56.5 Å². The number of carbonyl (C=O) groups is 1. The van der Waals surface area contributed by atoms with Crippen molar-refractivity contribution in [3.63, 3.8) is 0 Å². The number of aliphatic imine (C=N–C) groups is 1. The summed E-state index contributed by atoms with van der Waals surface area (Å²) in [6.45, 7) is 0. The fourth-order valence-corrected chi connectivity index (χ4v) is 6.59. The topological polar surface area (TPSA) is 96.5 Å². The summed E-state index contributed by atoms with van der Waals surface area (Å²) in [5.41, 5.74) is 7.10. The van der Waals surface area contributed by atoms with Gasteiger partial charge in [0.2, 0.25) is 0 Å². The number of halogens is 1. The standard InChI is InChI=1S/C27H37ClN6O/c1-34-25(35)27(33-26(34)29,13-12-18-6-3-2-4-7-18)16-19-8-5-9-21(14-19)31-24-17-30-23-15-20(28)10-11-22(23)32-24/h10-11,15,17-19,21H,2-9,12-14,16H2,1H3,(H2,29,33)(H,31,32)/t19-,21-,27?/m0/s1. The Labute approximate surface area is 212 Å². The van der Waals surface area contributed by atoms with Gasteiger partial charge in [0.15, 0.2) is 5.96 Å². The molecule has 3 aliphatic rings. The molecule has 3 N–H and O–H groups in total. The molecular formula is C27H37ClN6O. The average molecular weight is 497 g/mol. The maximum Gasteiger partial charge on any atom is 0.257 e. The van der Waals surface area contributed by atoms with Crippen LogP contribution in [-0.2, 0) is 4.79 Å². The fraction of sp³-hybridized carbons (Fsp3) is 0.630. The van der Waals surface area contributed by atoms with Crippen LogP contribution in [0.3, 0.4) is 0 Å². The van der Waals surface area contributed by atoms with Crippen molar-refractivity contribution < 1.29 is 4.79 Å². The molecule has 35 heavy (non-hydrogen) atoms. The molecule has 8 heteroatoms. The smallest absolute Gasteiger partial charge is 0.257 e. The van der Waals surface area contributed by atoms with Gasteiger partial charge >= 0.3 is 0 Å². The highest BCUT2D eigenvalue weighted by Crippen LogP contribution is 2.41. The van der Waals surface area contributed by atoms with Crippen molar-refractivity contribution in [2.24, 2.45) is 22.6 Å². The van der Waals surface area contributed by atoms with Crippen LogP contribution in [0.2, 0.25) is 5.02 Å². The van der Waals surface area contributed by atoms with Gasteiger partial charge in [0.1, 0.15) is 11.4 Å². The third-order valence-corrected chi connectivity index (χ3v) is 8.57. The molecular weight excluding hydrogens is 460 g/mol. The third-order valence-electron chi connectivity index (χ3n) is 8.33. The number of carbonyl (C=O) groups excluding carboxylic acids is 1. The van der Waals surface area contributed by atoms with Crippen LogP contribution in [0.15, 0.2) is 29.4 Å². The summed E-state index contributed by atoms with van der Waals surface area (Å²) in [6, 6.07) is 5.88. The first-order chi connectivity index (χ1) is 16.9. The molecule has 3 atom stereocenters. The number of likely N-dealkylation sites (N-methyl/N-ethyl adjacent to an activating group) is 1.